The predicted octanol–water partition coefficient (Wildman–Crippen LogP) is 14.8. The Labute approximate surface area is 357 Å². The van der Waals surface area contributed by atoms with E-state index in [1.807, 2.05) is 36.4 Å². The van der Waals surface area contributed by atoms with Crippen molar-refractivity contribution in [1.29, 1.82) is 0 Å². The molecule has 0 saturated heterocycles. The van der Waals surface area contributed by atoms with Gasteiger partial charge in [0.1, 0.15) is 16.9 Å². The normalized spacial score (nSPS) is 11.5. The smallest absolute Gasteiger partial charge is 0.160 e. The van der Waals surface area contributed by atoms with Crippen molar-refractivity contribution >= 4 is 38.2 Å². The van der Waals surface area contributed by atoms with E-state index >= 15 is 0 Å². The summed E-state index contributed by atoms with van der Waals surface area (Å²) in [5.41, 5.74) is 15.9. The third-order valence-corrected chi connectivity index (χ3v) is 11.8. The molecule has 12 rings (SSSR count). The molecule has 4 aromatic heterocycles. The summed E-state index contributed by atoms with van der Waals surface area (Å²) >= 11 is 0. The highest BCUT2D eigenvalue weighted by molar-refractivity contribution is 6.09. The summed E-state index contributed by atoms with van der Waals surface area (Å²) in [4.78, 5) is 10.4. The summed E-state index contributed by atoms with van der Waals surface area (Å²) in [6.07, 6.45) is 0. The maximum absolute atomic E-state index is 6.21. The van der Waals surface area contributed by atoms with E-state index in [1.54, 1.807) is 0 Å². The molecule has 5 nitrogen and oxygen atoms in total. The number of aromatic nitrogens is 4. The van der Waals surface area contributed by atoms with Gasteiger partial charge in [-0.25, -0.2) is 14.5 Å². The number of hydrogen-bond acceptors (Lipinski definition) is 4. The second-order valence-electron chi connectivity index (χ2n) is 15.6. The maximum atomic E-state index is 6.21. The standard InChI is InChI=1S/C57H36N4O/c1-4-15-38(16-5-1)49-36-50(59-57(58-49)41-29-27-37(28-30-41)42-31-32-48-47-25-12-13-26-52(47)62-53(48)35-42)44-22-14-23-45(33-44)55-54(40-19-8-3-9-20-40)56-46-24-11-10-21-43(46)34-51(61(56)60-55)39-17-6-2-7-18-39/h1-36H. The van der Waals surface area contributed by atoms with Crippen LogP contribution in [0.2, 0.25) is 0 Å². The minimum Gasteiger partial charge on any atom is -0.456 e. The first-order chi connectivity index (χ1) is 30.7. The third-order valence-electron chi connectivity index (χ3n) is 11.8. The Hall–Kier alpha value is -8.41. The molecule has 8 aromatic carbocycles. The van der Waals surface area contributed by atoms with E-state index in [0.29, 0.717) is 5.82 Å². The van der Waals surface area contributed by atoms with Gasteiger partial charge in [0.15, 0.2) is 5.82 Å². The fourth-order valence-corrected chi connectivity index (χ4v) is 8.81. The van der Waals surface area contributed by atoms with E-state index < -0.39 is 0 Å². The molecule has 290 valence electrons. The van der Waals surface area contributed by atoms with Crippen LogP contribution >= 0.6 is 0 Å². The zero-order valence-electron chi connectivity index (χ0n) is 33.5. The minimum absolute atomic E-state index is 0.655. The average Bonchev–Trinajstić information content (AvgIpc) is 3.94. The van der Waals surface area contributed by atoms with Crippen LogP contribution in [0.1, 0.15) is 0 Å². The largest absolute Gasteiger partial charge is 0.456 e. The van der Waals surface area contributed by atoms with Crippen molar-refractivity contribution in [3.05, 3.63) is 218 Å². The second-order valence-corrected chi connectivity index (χ2v) is 15.6. The van der Waals surface area contributed by atoms with Crippen molar-refractivity contribution in [2.45, 2.75) is 0 Å². The molecule has 0 unspecified atom stereocenters. The van der Waals surface area contributed by atoms with Gasteiger partial charge in [0.25, 0.3) is 0 Å². The lowest BCUT2D eigenvalue weighted by Crippen LogP contribution is -1.96. The molecule has 0 radical (unpaired) electrons. The highest BCUT2D eigenvalue weighted by Crippen LogP contribution is 2.42. The highest BCUT2D eigenvalue weighted by Gasteiger charge is 2.22. The van der Waals surface area contributed by atoms with Gasteiger partial charge in [-0.15, -0.1) is 0 Å². The average molecular weight is 793 g/mol. The molecule has 62 heavy (non-hydrogen) atoms. The lowest BCUT2D eigenvalue weighted by Gasteiger charge is -2.11. The molecule has 0 spiro atoms. The summed E-state index contributed by atoms with van der Waals surface area (Å²) in [5, 5.41) is 10.0. The Balaban J connectivity index is 0.998. The summed E-state index contributed by atoms with van der Waals surface area (Å²) in [7, 11) is 0. The fourth-order valence-electron chi connectivity index (χ4n) is 8.81. The van der Waals surface area contributed by atoms with Crippen LogP contribution in [0.3, 0.4) is 0 Å². The van der Waals surface area contributed by atoms with Crippen LogP contribution < -0.4 is 0 Å². The van der Waals surface area contributed by atoms with E-state index in [2.05, 4.69) is 187 Å². The number of fused-ring (bicyclic) bond motifs is 6. The van der Waals surface area contributed by atoms with Crippen LogP contribution in [-0.2, 0) is 0 Å². The van der Waals surface area contributed by atoms with Gasteiger partial charge in [-0.3, -0.25) is 0 Å². The number of benzene rings is 8. The van der Waals surface area contributed by atoms with Crippen molar-refractivity contribution in [2.24, 2.45) is 0 Å². The third kappa shape index (κ3) is 6.14. The van der Waals surface area contributed by atoms with Crippen LogP contribution in [0.15, 0.2) is 223 Å². The molecule has 5 heteroatoms. The zero-order valence-corrected chi connectivity index (χ0v) is 33.5. The molecule has 4 heterocycles. The molecule has 0 aliphatic carbocycles. The Morgan fingerprint density at radius 1 is 0.355 bits per heavy atom. The summed E-state index contributed by atoms with van der Waals surface area (Å²) in [5.74, 6) is 0.655. The lowest BCUT2D eigenvalue weighted by molar-refractivity contribution is 0.669. The minimum atomic E-state index is 0.655. The number of para-hydroxylation sites is 1. The molecule has 0 atom stereocenters. The van der Waals surface area contributed by atoms with Crippen LogP contribution in [-0.4, -0.2) is 19.6 Å². The van der Waals surface area contributed by atoms with Gasteiger partial charge < -0.3 is 4.42 Å². The number of rotatable bonds is 7. The first kappa shape index (κ1) is 35.5. The van der Waals surface area contributed by atoms with Crippen LogP contribution in [0.5, 0.6) is 0 Å². The summed E-state index contributed by atoms with van der Waals surface area (Å²) < 4.78 is 8.35. The van der Waals surface area contributed by atoms with Crippen molar-refractivity contribution < 1.29 is 4.42 Å². The van der Waals surface area contributed by atoms with Gasteiger partial charge >= 0.3 is 0 Å². The Morgan fingerprint density at radius 3 is 1.71 bits per heavy atom. The quantitative estimate of drug-likeness (QED) is 0.161. The molecule has 0 aliphatic rings. The van der Waals surface area contributed by atoms with E-state index in [4.69, 9.17) is 19.5 Å². The van der Waals surface area contributed by atoms with Gasteiger partial charge in [0, 0.05) is 49.5 Å². The van der Waals surface area contributed by atoms with E-state index in [-0.39, 0.29) is 0 Å². The van der Waals surface area contributed by atoms with Gasteiger partial charge in [0.2, 0.25) is 0 Å². The molecule has 0 saturated carbocycles. The van der Waals surface area contributed by atoms with Crippen molar-refractivity contribution in [3.8, 4) is 78.7 Å². The Kier molecular flexibility index (Phi) is 8.42. The number of furan rings is 1. The fraction of sp³-hybridized carbons (Fsp3) is 0. The van der Waals surface area contributed by atoms with Crippen molar-refractivity contribution in [3.63, 3.8) is 0 Å². The zero-order chi connectivity index (χ0) is 41.0. The Bertz CT molecular complexity index is 3610. The van der Waals surface area contributed by atoms with Crippen LogP contribution in [0.4, 0.5) is 0 Å². The first-order valence-corrected chi connectivity index (χ1v) is 20.8. The second kappa shape index (κ2) is 14.7. The summed E-state index contributed by atoms with van der Waals surface area (Å²) in [6.45, 7) is 0. The molecule has 0 aliphatic heterocycles. The molecule has 0 N–H and O–H groups in total. The van der Waals surface area contributed by atoms with E-state index in [1.165, 1.54) is 5.39 Å². The van der Waals surface area contributed by atoms with Gasteiger partial charge in [0.05, 0.1) is 22.6 Å². The number of nitrogens with zero attached hydrogens (tertiary/aromatic N) is 4. The molecule has 12 aromatic rings. The van der Waals surface area contributed by atoms with Gasteiger partial charge in [-0.2, -0.15) is 5.10 Å². The predicted molar refractivity (Wildman–Crippen MR) is 254 cm³/mol. The first-order valence-electron chi connectivity index (χ1n) is 20.8. The van der Waals surface area contributed by atoms with Crippen LogP contribution in [0.25, 0.3) is 117 Å². The van der Waals surface area contributed by atoms with Gasteiger partial charge in [-0.1, -0.05) is 182 Å². The SMILES string of the molecule is c1ccc(-c2cc(-c3cccc(-c4nn5c(-c6ccccc6)cc6ccccc6c5c4-c4ccccc4)c3)nc(-c3ccc(-c4ccc5c(c4)oc4ccccc45)cc3)n2)cc1. The topological polar surface area (TPSA) is 56.2 Å². The number of hydrogen-bond donors (Lipinski definition) is 0. The molecule has 0 fully saturated rings. The number of pyridine rings is 1. The molecular weight excluding hydrogens is 757 g/mol. The monoisotopic (exact) mass is 792 g/mol. The van der Waals surface area contributed by atoms with Gasteiger partial charge in [-0.05, 0) is 58.5 Å². The van der Waals surface area contributed by atoms with Crippen LogP contribution in [0, 0.1) is 0 Å². The Morgan fingerprint density at radius 2 is 0.935 bits per heavy atom. The maximum Gasteiger partial charge on any atom is 0.160 e. The van der Waals surface area contributed by atoms with Crippen molar-refractivity contribution in [2.75, 3.05) is 0 Å². The van der Waals surface area contributed by atoms with E-state index in [9.17, 15) is 0 Å². The lowest BCUT2D eigenvalue weighted by atomic mass is 9.95. The molecule has 0 amide bonds. The molecular formula is C57H36N4O. The molecule has 0 bridgehead atoms. The highest BCUT2D eigenvalue weighted by atomic mass is 16.3. The van der Waals surface area contributed by atoms with Crippen molar-refractivity contribution in [1.82, 2.24) is 19.6 Å². The summed E-state index contributed by atoms with van der Waals surface area (Å²) in [6, 6.07) is 76.1. The van der Waals surface area contributed by atoms with E-state index in [0.717, 1.165) is 106 Å².